The Morgan fingerprint density at radius 2 is 1.35 bits per heavy atom. The third kappa shape index (κ3) is 8.19. The van der Waals surface area contributed by atoms with Crippen LogP contribution in [0.3, 0.4) is 0 Å². The summed E-state index contributed by atoms with van der Waals surface area (Å²) in [4.78, 5) is 40.3. The summed E-state index contributed by atoms with van der Waals surface area (Å²) >= 11 is 6.83. The molecule has 0 aliphatic heterocycles. The van der Waals surface area contributed by atoms with Gasteiger partial charge in [0.05, 0.1) is 18.1 Å². The normalized spacial score (nSPS) is 10.9. The summed E-state index contributed by atoms with van der Waals surface area (Å²) in [5.74, 6) is 2.03. The number of hydrogen-bond donors (Lipinski definition) is 4. The van der Waals surface area contributed by atoms with Gasteiger partial charge in [0, 0.05) is 70.7 Å². The van der Waals surface area contributed by atoms with Gasteiger partial charge in [-0.15, -0.1) is 0 Å². The molecule has 0 saturated heterocycles. The Morgan fingerprint density at radius 3 is 1.96 bits per heavy atom. The first-order chi connectivity index (χ1) is 25.3. The Balaban J connectivity index is 0.000000164. The Kier molecular flexibility index (Phi) is 10.4. The average molecular weight is 821 g/mol. The van der Waals surface area contributed by atoms with Crippen molar-refractivity contribution < 1.29 is 9.53 Å². The van der Waals surface area contributed by atoms with Gasteiger partial charge in [-0.1, -0.05) is 30.3 Å². The van der Waals surface area contributed by atoms with Gasteiger partial charge >= 0.3 is 5.97 Å². The van der Waals surface area contributed by atoms with Crippen LogP contribution in [0.1, 0.15) is 21.6 Å². The number of methoxy groups -OCH3 is 1. The fraction of sp³-hybridized carbons (Fsp3) is 0.105. The van der Waals surface area contributed by atoms with Crippen LogP contribution in [0.25, 0.3) is 45.1 Å². The van der Waals surface area contributed by atoms with E-state index >= 15 is 0 Å². The Morgan fingerprint density at radius 1 is 0.731 bits per heavy atom. The molecule has 8 aromatic rings. The van der Waals surface area contributed by atoms with Gasteiger partial charge in [-0.05, 0) is 97.6 Å². The zero-order valence-electron chi connectivity index (χ0n) is 28.1. The monoisotopic (exact) mass is 818 g/mol. The first-order valence-corrected chi connectivity index (χ1v) is 17.7. The van der Waals surface area contributed by atoms with Crippen molar-refractivity contribution in [3.63, 3.8) is 0 Å². The number of halogens is 2. The quantitative estimate of drug-likeness (QED) is 0.105. The maximum atomic E-state index is 11.7. The predicted octanol–water partition coefficient (Wildman–Crippen LogP) is 8.52. The van der Waals surface area contributed by atoms with Crippen LogP contribution in [0.2, 0.25) is 0 Å². The van der Waals surface area contributed by atoms with Crippen LogP contribution >= 0.6 is 31.9 Å². The van der Waals surface area contributed by atoms with Crippen LogP contribution < -0.4 is 10.6 Å². The molecule has 0 aliphatic carbocycles. The zero-order valence-corrected chi connectivity index (χ0v) is 31.2. The lowest BCUT2D eigenvalue weighted by molar-refractivity contribution is 0.0590. The number of nitrogens with zero attached hydrogens (tertiary/aromatic N) is 6. The van der Waals surface area contributed by atoms with E-state index in [1.165, 1.54) is 12.7 Å². The second kappa shape index (κ2) is 15.6. The summed E-state index contributed by atoms with van der Waals surface area (Å²) in [6.45, 7) is 1.35. The lowest BCUT2D eigenvalue weighted by Crippen LogP contribution is -2.06. The number of fused-ring (bicyclic) bond motifs is 2. The minimum atomic E-state index is -0.342. The highest BCUT2D eigenvalue weighted by Crippen LogP contribution is 2.24. The number of ether oxygens (including phenoxy) is 1. The molecule has 14 heteroatoms. The fourth-order valence-corrected chi connectivity index (χ4v) is 6.10. The average Bonchev–Trinajstić information content (AvgIpc) is 3.90. The van der Waals surface area contributed by atoms with Crippen LogP contribution in [0.5, 0.6) is 0 Å². The van der Waals surface area contributed by atoms with Gasteiger partial charge in [-0.2, -0.15) is 0 Å². The molecular formula is C38H32Br2N10O2. The molecule has 0 amide bonds. The molecule has 6 heterocycles. The molecule has 0 spiro atoms. The van der Waals surface area contributed by atoms with E-state index in [1.807, 2.05) is 86.0 Å². The number of esters is 1. The van der Waals surface area contributed by atoms with Gasteiger partial charge in [0.25, 0.3) is 0 Å². The Hall–Kier alpha value is -5.86. The summed E-state index contributed by atoms with van der Waals surface area (Å²) < 4.78 is 8.37. The van der Waals surface area contributed by atoms with Crippen molar-refractivity contribution in [3.8, 4) is 22.8 Å². The first-order valence-electron chi connectivity index (χ1n) is 16.2. The lowest BCUT2D eigenvalue weighted by atomic mass is 10.2. The van der Waals surface area contributed by atoms with Crippen molar-refractivity contribution in [2.45, 2.75) is 13.1 Å². The minimum absolute atomic E-state index is 0.342. The van der Waals surface area contributed by atoms with E-state index in [1.54, 1.807) is 23.2 Å². The number of aryl methyl sites for hydroxylation is 1. The summed E-state index contributed by atoms with van der Waals surface area (Å²) in [7, 11) is 3.21. The second-order valence-electron chi connectivity index (χ2n) is 11.8. The largest absolute Gasteiger partial charge is 0.464 e. The number of aromatic amines is 2. The molecule has 0 bridgehead atoms. The Bertz CT molecular complexity index is 2460. The van der Waals surface area contributed by atoms with E-state index in [9.17, 15) is 4.79 Å². The van der Waals surface area contributed by atoms with Crippen molar-refractivity contribution in [2.24, 2.45) is 7.05 Å². The number of H-pyrrole nitrogens is 2. The number of carbonyl (C=O) groups is 1. The first kappa shape index (κ1) is 34.6. The number of imidazole rings is 2. The molecule has 0 fully saturated rings. The molecular weight excluding hydrogens is 788 g/mol. The third-order valence-electron chi connectivity index (χ3n) is 8.07. The molecule has 260 valence electrons. The predicted molar refractivity (Wildman–Crippen MR) is 210 cm³/mol. The van der Waals surface area contributed by atoms with Crippen LogP contribution in [0.4, 0.5) is 11.5 Å². The standard InChI is InChI=1S/C20H18BrN5O2.C18H14BrN5/c1-26-11-12(7-17(26)20(27)28-2)9-22-15-5-3-13(4-6-15)18-24-16-8-14(21)10-23-19(16)25-18;19-14-8-15-18(22-11-14)24-17(23-15)13-6-7-16(21-10-13)20-9-12-4-2-1-3-5-12/h3-8,10-11,22H,9H2,1-2H3,(H,23,24,25);1-8,10-11H,9H2,(H,20,21)(H,22,23,24). The van der Waals surface area contributed by atoms with E-state index in [0.717, 1.165) is 66.4 Å². The summed E-state index contributed by atoms with van der Waals surface area (Å²) in [6.07, 6.45) is 7.18. The zero-order chi connectivity index (χ0) is 36.0. The number of rotatable bonds is 9. The van der Waals surface area contributed by atoms with Crippen molar-refractivity contribution >= 4 is 71.7 Å². The smallest absolute Gasteiger partial charge is 0.354 e. The summed E-state index contributed by atoms with van der Waals surface area (Å²) in [6, 6.07) is 27.9. The number of anilines is 2. The van der Waals surface area contributed by atoms with Gasteiger partial charge in [0.15, 0.2) is 11.3 Å². The Labute approximate surface area is 315 Å². The number of carbonyl (C=O) groups excluding carboxylic acids is 1. The maximum absolute atomic E-state index is 11.7. The number of hydrogen-bond acceptors (Lipinski definition) is 9. The molecule has 0 radical (unpaired) electrons. The van der Waals surface area contributed by atoms with E-state index in [0.29, 0.717) is 23.5 Å². The van der Waals surface area contributed by atoms with E-state index in [4.69, 9.17) is 4.74 Å². The number of benzene rings is 2. The van der Waals surface area contributed by atoms with E-state index < -0.39 is 0 Å². The van der Waals surface area contributed by atoms with Gasteiger partial charge in [-0.25, -0.2) is 29.7 Å². The lowest BCUT2D eigenvalue weighted by Gasteiger charge is -2.06. The maximum Gasteiger partial charge on any atom is 0.354 e. The number of pyridine rings is 3. The van der Waals surface area contributed by atoms with Gasteiger partial charge in [0.2, 0.25) is 0 Å². The topological polar surface area (TPSA) is 151 Å². The van der Waals surface area contributed by atoms with Crippen molar-refractivity contribution in [1.82, 2.24) is 39.5 Å². The van der Waals surface area contributed by atoms with Crippen LogP contribution in [-0.2, 0) is 24.9 Å². The van der Waals surface area contributed by atoms with Crippen LogP contribution in [0.15, 0.2) is 119 Å². The molecule has 0 aliphatic rings. The van der Waals surface area contributed by atoms with Crippen molar-refractivity contribution in [1.29, 1.82) is 0 Å². The molecule has 6 aromatic heterocycles. The highest BCUT2D eigenvalue weighted by Gasteiger charge is 2.12. The molecule has 0 unspecified atom stereocenters. The van der Waals surface area contributed by atoms with E-state index in [2.05, 4.69) is 89.5 Å². The molecule has 0 saturated carbocycles. The van der Waals surface area contributed by atoms with Gasteiger partial charge in [0.1, 0.15) is 23.2 Å². The summed E-state index contributed by atoms with van der Waals surface area (Å²) in [5.41, 5.74) is 8.79. The van der Waals surface area contributed by atoms with Crippen LogP contribution in [0, 0.1) is 0 Å². The number of nitrogens with one attached hydrogen (secondary N) is 4. The number of aromatic nitrogens is 8. The van der Waals surface area contributed by atoms with Crippen molar-refractivity contribution in [3.05, 3.63) is 135 Å². The highest BCUT2D eigenvalue weighted by atomic mass is 79.9. The fourth-order valence-electron chi connectivity index (χ4n) is 5.44. The molecule has 8 rings (SSSR count). The second-order valence-corrected chi connectivity index (χ2v) is 13.6. The molecule has 4 N–H and O–H groups in total. The molecule has 0 atom stereocenters. The van der Waals surface area contributed by atoms with Gasteiger partial charge < -0.3 is 29.9 Å². The molecule has 12 nitrogen and oxygen atoms in total. The minimum Gasteiger partial charge on any atom is -0.464 e. The van der Waals surface area contributed by atoms with E-state index in [-0.39, 0.29) is 5.97 Å². The molecule has 52 heavy (non-hydrogen) atoms. The molecule has 2 aromatic carbocycles. The van der Waals surface area contributed by atoms with Gasteiger partial charge in [-0.3, -0.25) is 0 Å². The highest BCUT2D eigenvalue weighted by molar-refractivity contribution is 9.10. The SMILES string of the molecule is Brc1cnc2nc(-c3ccc(NCc4ccccc4)nc3)[nH]c2c1.COC(=O)c1cc(CNc2ccc(-c3nc4ncc(Br)cc4[nH]3)cc2)cn1C. The van der Waals surface area contributed by atoms with Crippen LogP contribution in [-0.4, -0.2) is 52.5 Å². The van der Waals surface area contributed by atoms with Crippen molar-refractivity contribution in [2.75, 3.05) is 17.7 Å². The third-order valence-corrected chi connectivity index (χ3v) is 8.94. The summed E-state index contributed by atoms with van der Waals surface area (Å²) in [5, 5.41) is 6.67.